The number of benzene rings is 1. The molecule has 19 heavy (non-hydrogen) atoms. The average Bonchev–Trinajstić information content (AvgIpc) is 2.77. The number of hydrogen-bond acceptors (Lipinski definition) is 3. The lowest BCUT2D eigenvalue weighted by molar-refractivity contribution is 0.0968. The van der Waals surface area contributed by atoms with Crippen LogP contribution in [0.2, 0.25) is 0 Å². The molecular formula is C14H15FN2OS. The van der Waals surface area contributed by atoms with Gasteiger partial charge in [0.1, 0.15) is 10.7 Å². The van der Waals surface area contributed by atoms with Crippen LogP contribution in [-0.4, -0.2) is 13.0 Å². The maximum Gasteiger partial charge on any atom is 0.263 e. The third-order valence-corrected chi connectivity index (χ3v) is 4.00. The number of amides is 1. The van der Waals surface area contributed by atoms with E-state index in [4.69, 9.17) is 5.73 Å². The zero-order valence-corrected chi connectivity index (χ0v) is 11.4. The molecule has 1 aromatic carbocycles. The minimum Gasteiger partial charge on any atom is -0.397 e. The van der Waals surface area contributed by atoms with Crippen molar-refractivity contribution in [3.05, 3.63) is 51.5 Å². The molecule has 1 heterocycles. The van der Waals surface area contributed by atoms with Gasteiger partial charge in [0.2, 0.25) is 0 Å². The molecule has 5 heteroatoms. The first-order valence-electron chi connectivity index (χ1n) is 5.95. The van der Waals surface area contributed by atoms with Crippen LogP contribution in [0, 0.1) is 5.82 Å². The van der Waals surface area contributed by atoms with E-state index in [1.165, 1.54) is 23.5 Å². The zero-order chi connectivity index (χ0) is 13.8. The van der Waals surface area contributed by atoms with E-state index in [-0.39, 0.29) is 11.7 Å². The van der Waals surface area contributed by atoms with Crippen molar-refractivity contribution in [3.8, 4) is 0 Å². The zero-order valence-electron chi connectivity index (χ0n) is 10.6. The van der Waals surface area contributed by atoms with Gasteiger partial charge in [0.05, 0.1) is 5.69 Å². The van der Waals surface area contributed by atoms with Gasteiger partial charge >= 0.3 is 0 Å². The number of halogens is 1. The van der Waals surface area contributed by atoms with Gasteiger partial charge in [-0.3, -0.25) is 4.79 Å². The minimum atomic E-state index is -0.228. The lowest BCUT2D eigenvalue weighted by Crippen LogP contribution is -2.17. The highest BCUT2D eigenvalue weighted by molar-refractivity contribution is 7.14. The van der Waals surface area contributed by atoms with E-state index >= 15 is 0 Å². The summed E-state index contributed by atoms with van der Waals surface area (Å²) in [5.41, 5.74) is 7.24. The molecule has 0 aliphatic heterocycles. The molecule has 0 radical (unpaired) electrons. The molecule has 0 unspecified atom stereocenters. The van der Waals surface area contributed by atoms with Gasteiger partial charge in [0, 0.05) is 11.9 Å². The van der Waals surface area contributed by atoms with Crippen LogP contribution in [0.1, 0.15) is 20.1 Å². The monoisotopic (exact) mass is 278 g/mol. The first-order valence-corrected chi connectivity index (χ1v) is 6.76. The van der Waals surface area contributed by atoms with Crippen molar-refractivity contribution in [1.29, 1.82) is 0 Å². The Kier molecular flexibility index (Phi) is 4.16. The molecule has 0 bridgehead atoms. The summed E-state index contributed by atoms with van der Waals surface area (Å²) in [6.07, 6.45) is 1.47. The van der Waals surface area contributed by atoms with Crippen molar-refractivity contribution in [2.24, 2.45) is 0 Å². The predicted molar refractivity (Wildman–Crippen MR) is 75.9 cm³/mol. The topological polar surface area (TPSA) is 55.1 Å². The highest BCUT2D eigenvalue weighted by Crippen LogP contribution is 2.25. The summed E-state index contributed by atoms with van der Waals surface area (Å²) < 4.78 is 13.0. The van der Waals surface area contributed by atoms with Crippen LogP contribution < -0.4 is 11.1 Å². The number of aryl methyl sites for hydroxylation is 2. The number of nitrogen functional groups attached to an aromatic ring is 1. The van der Waals surface area contributed by atoms with Crippen LogP contribution in [0.3, 0.4) is 0 Å². The number of anilines is 1. The van der Waals surface area contributed by atoms with Crippen molar-refractivity contribution in [1.82, 2.24) is 5.32 Å². The van der Waals surface area contributed by atoms with E-state index in [0.717, 1.165) is 23.3 Å². The summed E-state index contributed by atoms with van der Waals surface area (Å²) >= 11 is 1.38. The molecule has 1 aromatic heterocycles. The first kappa shape index (κ1) is 13.5. The van der Waals surface area contributed by atoms with Crippen LogP contribution in [0.5, 0.6) is 0 Å². The fraction of sp³-hybridized carbons (Fsp3) is 0.214. The van der Waals surface area contributed by atoms with E-state index in [1.807, 2.05) is 12.1 Å². The molecular weight excluding hydrogens is 263 g/mol. The van der Waals surface area contributed by atoms with Crippen molar-refractivity contribution >= 4 is 22.9 Å². The molecule has 0 atom stereocenters. The number of nitrogens with one attached hydrogen (secondary N) is 1. The van der Waals surface area contributed by atoms with Crippen LogP contribution >= 0.6 is 11.3 Å². The molecule has 3 nitrogen and oxygen atoms in total. The molecule has 0 aliphatic carbocycles. The molecule has 1 amide bonds. The fourth-order valence-electron chi connectivity index (χ4n) is 1.83. The average molecular weight is 278 g/mol. The second-order valence-corrected chi connectivity index (χ2v) is 5.34. The normalized spacial score (nSPS) is 10.4. The van der Waals surface area contributed by atoms with E-state index in [2.05, 4.69) is 5.32 Å². The lowest BCUT2D eigenvalue weighted by Gasteiger charge is -1.99. The van der Waals surface area contributed by atoms with E-state index in [1.54, 1.807) is 13.1 Å². The highest BCUT2D eigenvalue weighted by Gasteiger charge is 2.12. The van der Waals surface area contributed by atoms with Crippen LogP contribution in [0.15, 0.2) is 30.3 Å². The molecule has 0 saturated heterocycles. The molecule has 2 rings (SSSR count). The Morgan fingerprint density at radius 3 is 2.84 bits per heavy atom. The Bertz CT molecular complexity index is 595. The largest absolute Gasteiger partial charge is 0.397 e. The summed E-state index contributed by atoms with van der Waals surface area (Å²) in [5, 5.41) is 2.56. The second-order valence-electron chi connectivity index (χ2n) is 4.21. The van der Waals surface area contributed by atoms with E-state index < -0.39 is 0 Å². The van der Waals surface area contributed by atoms with E-state index in [9.17, 15) is 9.18 Å². The quantitative estimate of drug-likeness (QED) is 0.903. The number of thiophene rings is 1. The highest BCUT2D eigenvalue weighted by atomic mass is 32.1. The van der Waals surface area contributed by atoms with Crippen molar-refractivity contribution in [2.75, 3.05) is 12.8 Å². The predicted octanol–water partition coefficient (Wildman–Crippen LogP) is 2.61. The third-order valence-electron chi connectivity index (χ3n) is 2.79. The standard InChI is InChI=1S/C14H15FN2OS/c1-17-14(18)13-12(16)8-11(19-13)6-5-9-3-2-4-10(15)7-9/h2-4,7-8H,5-6,16H2,1H3,(H,17,18). The summed E-state index contributed by atoms with van der Waals surface area (Å²) in [6, 6.07) is 8.35. The number of carbonyl (C=O) groups is 1. The molecule has 3 N–H and O–H groups in total. The third kappa shape index (κ3) is 3.32. The van der Waals surface area contributed by atoms with Gasteiger partial charge in [-0.25, -0.2) is 4.39 Å². The Morgan fingerprint density at radius 2 is 2.16 bits per heavy atom. The maximum atomic E-state index is 13.0. The SMILES string of the molecule is CNC(=O)c1sc(CCc2cccc(F)c2)cc1N. The molecule has 2 aromatic rings. The summed E-state index contributed by atoms with van der Waals surface area (Å²) in [6.45, 7) is 0. The van der Waals surface area contributed by atoms with Gasteiger partial charge in [0.15, 0.2) is 0 Å². The number of carbonyl (C=O) groups excluding carboxylic acids is 1. The molecule has 100 valence electrons. The lowest BCUT2D eigenvalue weighted by atomic mass is 10.1. The van der Waals surface area contributed by atoms with Gasteiger partial charge < -0.3 is 11.1 Å². The molecule has 0 aliphatic rings. The van der Waals surface area contributed by atoms with Gasteiger partial charge in [-0.05, 0) is 36.6 Å². The second kappa shape index (κ2) is 5.84. The van der Waals surface area contributed by atoms with Gasteiger partial charge in [0.25, 0.3) is 5.91 Å². The fourth-order valence-corrected chi connectivity index (χ4v) is 2.86. The van der Waals surface area contributed by atoms with Gasteiger partial charge in [-0.2, -0.15) is 0 Å². The first-order chi connectivity index (χ1) is 9.10. The molecule has 0 saturated carbocycles. The van der Waals surface area contributed by atoms with E-state index in [0.29, 0.717) is 10.6 Å². The Labute approximate surface area is 115 Å². The summed E-state index contributed by atoms with van der Waals surface area (Å²) in [7, 11) is 1.58. The Balaban J connectivity index is 2.06. The van der Waals surface area contributed by atoms with Crippen LogP contribution in [-0.2, 0) is 12.8 Å². The smallest absolute Gasteiger partial charge is 0.263 e. The Morgan fingerprint density at radius 1 is 1.37 bits per heavy atom. The number of hydrogen-bond donors (Lipinski definition) is 2. The van der Waals surface area contributed by atoms with Gasteiger partial charge in [-0.15, -0.1) is 11.3 Å². The minimum absolute atomic E-state index is 0.167. The number of nitrogens with two attached hydrogens (primary N) is 1. The summed E-state index contributed by atoms with van der Waals surface area (Å²) in [5.74, 6) is -0.395. The molecule has 0 fully saturated rings. The van der Waals surface area contributed by atoms with Crippen molar-refractivity contribution < 1.29 is 9.18 Å². The molecule has 0 spiro atoms. The van der Waals surface area contributed by atoms with Crippen molar-refractivity contribution in [3.63, 3.8) is 0 Å². The van der Waals surface area contributed by atoms with Crippen LogP contribution in [0.25, 0.3) is 0 Å². The van der Waals surface area contributed by atoms with Gasteiger partial charge in [-0.1, -0.05) is 12.1 Å². The number of rotatable bonds is 4. The summed E-state index contributed by atoms with van der Waals surface area (Å²) in [4.78, 5) is 13.1. The van der Waals surface area contributed by atoms with Crippen molar-refractivity contribution in [2.45, 2.75) is 12.8 Å². The maximum absolute atomic E-state index is 13.0. The Hall–Kier alpha value is -1.88. The van der Waals surface area contributed by atoms with Crippen LogP contribution in [0.4, 0.5) is 10.1 Å².